The molecule has 4 aliphatic rings. The molecular formula is C61H67BrCl4K2N4O11. The number of piperazine rings is 2. The van der Waals surface area contributed by atoms with Crippen molar-refractivity contribution in [1.82, 2.24) is 9.80 Å². The Morgan fingerprint density at radius 3 is 1.46 bits per heavy atom. The molecule has 4 saturated heterocycles. The van der Waals surface area contributed by atoms with E-state index in [1.807, 2.05) is 97.1 Å². The summed E-state index contributed by atoms with van der Waals surface area (Å²) in [6.45, 7) is 6.30. The molecule has 83 heavy (non-hydrogen) atoms. The van der Waals surface area contributed by atoms with Crippen molar-refractivity contribution in [3.05, 3.63) is 188 Å². The van der Waals surface area contributed by atoms with E-state index >= 15 is 0 Å². The number of phenols is 1. The number of hydrogen-bond acceptors (Lipinski definition) is 13. The number of halogens is 5. The molecule has 0 aromatic heterocycles. The second-order valence-electron chi connectivity index (χ2n) is 19.3. The summed E-state index contributed by atoms with van der Waals surface area (Å²) in [5.74, 6) is 0.644. The first kappa shape index (κ1) is 71.7. The van der Waals surface area contributed by atoms with Crippen LogP contribution in [-0.2, 0) is 51.3 Å². The summed E-state index contributed by atoms with van der Waals surface area (Å²) < 4.78 is 27.9. The van der Waals surface area contributed by atoms with Gasteiger partial charge in [0.05, 0.1) is 59.8 Å². The molecule has 6 aromatic carbocycles. The van der Waals surface area contributed by atoms with Crippen LogP contribution in [0, 0.1) is 0 Å². The largest absolute Gasteiger partial charge is 1.00 e. The number of aromatic hydroxyl groups is 1. The number of carbonyl (C=O) groups excluding carboxylic acids is 3. The Morgan fingerprint density at radius 1 is 0.602 bits per heavy atom. The van der Waals surface area contributed by atoms with Gasteiger partial charge in [0.15, 0.2) is 12.6 Å². The maximum Gasteiger partial charge on any atom is 1.00 e. The van der Waals surface area contributed by atoms with Crippen molar-refractivity contribution in [3.63, 3.8) is 0 Å². The third-order valence-electron chi connectivity index (χ3n) is 13.5. The summed E-state index contributed by atoms with van der Waals surface area (Å²) in [5, 5.41) is 21.1. The van der Waals surface area contributed by atoms with Crippen molar-refractivity contribution in [2.75, 3.05) is 74.3 Å². The van der Waals surface area contributed by atoms with Crippen LogP contribution in [0.25, 0.3) is 0 Å². The third-order valence-corrected chi connectivity index (χ3v) is 14.9. The van der Waals surface area contributed by atoms with Gasteiger partial charge >= 0.3 is 103 Å². The first-order valence-corrected chi connectivity index (χ1v) is 29.4. The fourth-order valence-electron chi connectivity index (χ4n) is 9.74. The zero-order valence-electron chi connectivity index (χ0n) is 47.7. The van der Waals surface area contributed by atoms with Gasteiger partial charge < -0.3 is 50.2 Å². The van der Waals surface area contributed by atoms with Crippen molar-refractivity contribution >= 4 is 92.0 Å². The van der Waals surface area contributed by atoms with E-state index in [0.29, 0.717) is 83.2 Å². The predicted molar refractivity (Wildman–Crippen MR) is 318 cm³/mol. The number of carbonyl (C=O) groups is 3. The molecule has 4 heterocycles. The molecule has 4 atom stereocenters. The molecule has 22 heteroatoms. The van der Waals surface area contributed by atoms with E-state index in [9.17, 15) is 14.7 Å². The van der Waals surface area contributed by atoms with Gasteiger partial charge in [-0.2, -0.15) is 0 Å². The van der Waals surface area contributed by atoms with Crippen molar-refractivity contribution in [1.29, 1.82) is 0 Å². The molecule has 1 N–H and O–H groups in total. The van der Waals surface area contributed by atoms with Gasteiger partial charge in [0.25, 0.3) is 6.47 Å². The molecule has 15 nitrogen and oxygen atoms in total. The molecule has 0 radical (unpaired) electrons. The SMILES string of the molecule is BrCCOC1CCCCO1.O=C1CN(Cc2ccccc2)C[C@@H](c2ccc(Cl)cc2)N1c1ccc(O)cc1Cl.O=C1CN(Cc2ccccc2)C[C@@H](c2ccc(Cl)cc2)N1c1ccc(OCCOC2CCCCO2)cc1Cl.O=CO[O-].[H-].[K+].[K+]. The summed E-state index contributed by atoms with van der Waals surface area (Å²) in [6.07, 6.45) is 6.56. The molecule has 4 aliphatic heterocycles. The van der Waals surface area contributed by atoms with Gasteiger partial charge in [-0.25, -0.2) is 0 Å². The van der Waals surface area contributed by atoms with Crippen LogP contribution in [0.4, 0.5) is 11.4 Å². The first-order valence-electron chi connectivity index (χ1n) is 26.8. The van der Waals surface area contributed by atoms with Crippen LogP contribution in [-0.4, -0.2) is 110 Å². The Bertz CT molecular complexity index is 2880. The molecule has 4 fully saturated rings. The van der Waals surface area contributed by atoms with Crippen molar-refractivity contribution in [2.45, 2.75) is 76.3 Å². The Kier molecular flexibility index (Phi) is 33.8. The minimum Gasteiger partial charge on any atom is -1.00 e. The van der Waals surface area contributed by atoms with Gasteiger partial charge in [-0.3, -0.25) is 24.2 Å². The number of amides is 2. The van der Waals surface area contributed by atoms with E-state index in [1.54, 1.807) is 28.0 Å². The van der Waals surface area contributed by atoms with Gasteiger partial charge in [-0.15, -0.1) is 0 Å². The van der Waals surface area contributed by atoms with Gasteiger partial charge in [-0.05, 0) is 109 Å². The number of ether oxygens (including phenoxy) is 5. The third kappa shape index (κ3) is 23.5. The molecule has 0 saturated carbocycles. The van der Waals surface area contributed by atoms with Gasteiger partial charge in [0.2, 0.25) is 11.8 Å². The smallest absolute Gasteiger partial charge is 1.00 e. The van der Waals surface area contributed by atoms with Crippen molar-refractivity contribution in [3.8, 4) is 11.5 Å². The van der Waals surface area contributed by atoms with Crippen LogP contribution < -0.4 is 123 Å². The predicted octanol–water partition coefficient (Wildman–Crippen LogP) is 6.27. The number of phenolic OH excluding ortho intramolecular Hbond substituents is 1. The maximum atomic E-state index is 13.6. The number of nitrogens with zero attached hydrogens (tertiary/aromatic N) is 4. The Labute approximate surface area is 601 Å². The molecule has 10 rings (SSSR count). The van der Waals surface area contributed by atoms with Crippen LogP contribution in [0.2, 0.25) is 20.1 Å². The summed E-state index contributed by atoms with van der Waals surface area (Å²) in [4.78, 5) is 45.9. The van der Waals surface area contributed by atoms with E-state index < -0.39 is 0 Å². The molecular weight excluding hydrogens is 1260 g/mol. The fourth-order valence-corrected chi connectivity index (χ4v) is 10.7. The number of alkyl halides is 1. The fraction of sp³-hybridized carbons (Fsp3) is 0.361. The first-order chi connectivity index (χ1) is 39.4. The van der Waals surface area contributed by atoms with E-state index in [1.165, 1.54) is 24.5 Å². The average molecular weight is 1330 g/mol. The molecule has 0 bridgehead atoms. The van der Waals surface area contributed by atoms with Crippen molar-refractivity contribution < 1.29 is 158 Å². The van der Waals surface area contributed by atoms with Crippen molar-refractivity contribution in [2.24, 2.45) is 0 Å². The van der Waals surface area contributed by atoms with Crippen LogP contribution in [0.3, 0.4) is 0 Å². The summed E-state index contributed by atoms with van der Waals surface area (Å²) in [7, 11) is 0. The zero-order chi connectivity index (χ0) is 57.3. The average Bonchev–Trinajstić information content (AvgIpc) is 1.93. The second kappa shape index (κ2) is 39.1. The van der Waals surface area contributed by atoms with Gasteiger partial charge in [-0.1, -0.05) is 147 Å². The normalized spacial score (nSPS) is 19.0. The molecule has 0 spiro atoms. The maximum absolute atomic E-state index is 13.6. The van der Waals surface area contributed by atoms with Crippen LogP contribution >= 0.6 is 62.3 Å². The Balaban J connectivity index is 0.000000290. The minimum atomic E-state index is -0.223. The van der Waals surface area contributed by atoms with E-state index in [4.69, 9.17) is 80.1 Å². The minimum absolute atomic E-state index is 0. The molecule has 434 valence electrons. The number of anilines is 2. The van der Waals surface area contributed by atoms with E-state index in [0.717, 1.165) is 67.5 Å². The number of rotatable bonds is 17. The van der Waals surface area contributed by atoms with Crippen LogP contribution in [0.5, 0.6) is 11.5 Å². The molecule has 2 amide bonds. The van der Waals surface area contributed by atoms with Crippen LogP contribution in [0.1, 0.15) is 74.3 Å². The summed E-state index contributed by atoms with van der Waals surface area (Å²) >= 11 is 28.7. The summed E-state index contributed by atoms with van der Waals surface area (Å²) in [6, 6.07) is 45.2. The molecule has 6 aromatic rings. The van der Waals surface area contributed by atoms with Gasteiger partial charge in [0, 0.05) is 66.9 Å². The Morgan fingerprint density at radius 2 is 1.05 bits per heavy atom. The summed E-state index contributed by atoms with van der Waals surface area (Å²) in [5.41, 5.74) is 5.56. The molecule has 2 unspecified atom stereocenters. The monoisotopic (exact) mass is 1330 g/mol. The zero-order valence-corrected chi connectivity index (χ0v) is 57.5. The van der Waals surface area contributed by atoms with Crippen LogP contribution in [0.15, 0.2) is 146 Å². The number of hydrogen-bond donors (Lipinski definition) is 1. The van der Waals surface area contributed by atoms with E-state index in [-0.39, 0.29) is 159 Å². The van der Waals surface area contributed by atoms with E-state index in [2.05, 4.69) is 54.9 Å². The number of benzene rings is 6. The quantitative estimate of drug-likeness (QED) is 0.0272. The second-order valence-corrected chi connectivity index (χ2v) is 21.8. The standard InChI is InChI=1S/C30H32Cl2N2O4.C23H20Cl2N2O2.C7H13BrO2.CH2O3.2K.H/c31-24-11-9-23(10-12-24)28-20-33(19-22-6-2-1-3-7-22)21-29(35)34(28)27-14-13-25(18-26(27)32)36-16-17-38-30-8-4-5-15-37-30;24-18-8-6-17(7-9-18)22-14-26(13-16-4-2-1-3-5-16)15-23(29)27(22)21-11-10-19(28)12-20(21)25;8-4-6-10-7-3-1-2-5-9-7;2-1-4-3;;;/h1-3,6-7,9-14,18,28,30H,4-5,8,15-17,19-21H2;1-12,22,28H,13-15H2;7H,1-6H2;1,3H;;;/q;;;;2*+1;-1/p-1/t28-,30?;22-;;;;;/m00...../s1. The van der Waals surface area contributed by atoms with Gasteiger partial charge in [0.1, 0.15) is 18.1 Å². The topological polar surface area (TPSA) is 163 Å². The molecule has 0 aliphatic carbocycles. The Hall–Kier alpha value is -2.04.